The predicted octanol–water partition coefficient (Wildman–Crippen LogP) is 5.52. The highest BCUT2D eigenvalue weighted by molar-refractivity contribution is 5.83. The van der Waals surface area contributed by atoms with E-state index in [4.69, 9.17) is 18.9 Å². The SMILES string of the molecule is CCCCNC(=O)C(c1ccccc1)N1CCc2cc(OC)c(OC)cc2C1Cc1ccc(OC)c(OC)c1. The first-order chi connectivity index (χ1) is 19.0. The van der Waals surface area contributed by atoms with Crippen LogP contribution < -0.4 is 24.3 Å². The Morgan fingerprint density at radius 1 is 0.897 bits per heavy atom. The molecule has 2 atom stereocenters. The van der Waals surface area contributed by atoms with Crippen molar-refractivity contribution in [1.82, 2.24) is 10.2 Å². The first kappa shape index (κ1) is 28.3. The van der Waals surface area contributed by atoms with Crippen molar-refractivity contribution in [2.75, 3.05) is 41.5 Å². The maximum absolute atomic E-state index is 13.8. The van der Waals surface area contributed by atoms with Crippen molar-refractivity contribution in [2.45, 2.75) is 44.7 Å². The molecule has 0 saturated carbocycles. The molecule has 0 bridgehead atoms. The number of nitrogens with zero attached hydrogens (tertiary/aromatic N) is 1. The second-order valence-electron chi connectivity index (χ2n) is 9.76. The van der Waals surface area contributed by atoms with Crippen molar-refractivity contribution in [1.29, 1.82) is 0 Å². The van der Waals surface area contributed by atoms with E-state index in [9.17, 15) is 4.79 Å². The molecule has 0 aliphatic carbocycles. The van der Waals surface area contributed by atoms with Crippen LogP contribution in [-0.2, 0) is 17.6 Å². The molecule has 39 heavy (non-hydrogen) atoms. The fourth-order valence-corrected chi connectivity index (χ4v) is 5.43. The van der Waals surface area contributed by atoms with Gasteiger partial charge in [-0.25, -0.2) is 0 Å². The van der Waals surface area contributed by atoms with Crippen LogP contribution in [0.15, 0.2) is 60.7 Å². The summed E-state index contributed by atoms with van der Waals surface area (Å²) in [4.78, 5) is 16.1. The number of ether oxygens (including phenoxy) is 4. The second-order valence-corrected chi connectivity index (χ2v) is 9.76. The van der Waals surface area contributed by atoms with E-state index in [1.54, 1.807) is 28.4 Å². The van der Waals surface area contributed by atoms with E-state index in [2.05, 4.69) is 35.3 Å². The zero-order chi connectivity index (χ0) is 27.8. The third-order valence-corrected chi connectivity index (χ3v) is 7.45. The number of amides is 1. The topological polar surface area (TPSA) is 69.3 Å². The quantitative estimate of drug-likeness (QED) is 0.310. The number of methoxy groups -OCH3 is 4. The Morgan fingerprint density at radius 3 is 2.23 bits per heavy atom. The van der Waals surface area contributed by atoms with E-state index >= 15 is 0 Å². The zero-order valence-corrected chi connectivity index (χ0v) is 23.7. The van der Waals surface area contributed by atoms with Crippen LogP contribution in [0.25, 0.3) is 0 Å². The van der Waals surface area contributed by atoms with Crippen molar-refractivity contribution in [3.05, 3.63) is 82.9 Å². The minimum absolute atomic E-state index is 0.0240. The van der Waals surface area contributed by atoms with Gasteiger partial charge in [-0.15, -0.1) is 0 Å². The van der Waals surface area contributed by atoms with Crippen molar-refractivity contribution < 1.29 is 23.7 Å². The molecule has 1 N–H and O–H groups in total. The fourth-order valence-electron chi connectivity index (χ4n) is 5.43. The van der Waals surface area contributed by atoms with Crippen LogP contribution in [0.2, 0.25) is 0 Å². The molecule has 3 aromatic carbocycles. The van der Waals surface area contributed by atoms with E-state index < -0.39 is 6.04 Å². The number of unbranched alkanes of at least 4 members (excludes halogenated alkanes) is 1. The number of nitrogens with one attached hydrogen (secondary N) is 1. The molecular formula is C32H40N2O5. The standard InChI is InChI=1S/C32H40N2O5/c1-6-7-16-33-32(35)31(23-11-9-8-10-12-23)34-17-15-24-20-29(38-4)30(39-5)21-25(24)26(34)18-22-13-14-27(36-2)28(19-22)37-3/h8-14,19-21,26,31H,6-7,15-18H2,1-5H3,(H,33,35). The lowest BCUT2D eigenvalue weighted by Gasteiger charge is -2.42. The lowest BCUT2D eigenvalue weighted by molar-refractivity contribution is -0.128. The van der Waals surface area contributed by atoms with Gasteiger partial charge in [-0.05, 0) is 65.8 Å². The van der Waals surface area contributed by atoms with Gasteiger partial charge in [0.05, 0.1) is 28.4 Å². The number of hydrogen-bond acceptors (Lipinski definition) is 6. The predicted molar refractivity (Wildman–Crippen MR) is 153 cm³/mol. The third kappa shape index (κ3) is 6.31. The molecule has 0 spiro atoms. The summed E-state index contributed by atoms with van der Waals surface area (Å²) in [6, 6.07) is 19.7. The molecule has 2 unspecified atom stereocenters. The van der Waals surface area contributed by atoms with Gasteiger partial charge in [0, 0.05) is 19.1 Å². The smallest absolute Gasteiger partial charge is 0.241 e. The molecule has 1 aliphatic rings. The zero-order valence-electron chi connectivity index (χ0n) is 23.7. The lowest BCUT2D eigenvalue weighted by atomic mass is 9.86. The van der Waals surface area contributed by atoms with Crippen LogP contribution >= 0.6 is 0 Å². The fraction of sp³-hybridized carbons (Fsp3) is 0.406. The molecule has 1 heterocycles. The summed E-state index contributed by atoms with van der Waals surface area (Å²) in [6.07, 6.45) is 3.44. The summed E-state index contributed by atoms with van der Waals surface area (Å²) in [5, 5.41) is 3.20. The van der Waals surface area contributed by atoms with Gasteiger partial charge >= 0.3 is 0 Å². The number of carbonyl (C=O) groups excluding carboxylic acids is 1. The van der Waals surface area contributed by atoms with E-state index in [-0.39, 0.29) is 11.9 Å². The van der Waals surface area contributed by atoms with Crippen LogP contribution in [0.4, 0.5) is 0 Å². The first-order valence-electron chi connectivity index (χ1n) is 13.6. The molecule has 0 fully saturated rings. The first-order valence-corrected chi connectivity index (χ1v) is 13.6. The van der Waals surface area contributed by atoms with Gasteiger partial charge < -0.3 is 24.3 Å². The summed E-state index contributed by atoms with van der Waals surface area (Å²) < 4.78 is 22.4. The van der Waals surface area contributed by atoms with Gasteiger partial charge in [0.2, 0.25) is 5.91 Å². The van der Waals surface area contributed by atoms with Gasteiger partial charge in [0.15, 0.2) is 23.0 Å². The second kappa shape index (κ2) is 13.4. The largest absolute Gasteiger partial charge is 0.493 e. The lowest BCUT2D eigenvalue weighted by Crippen LogP contribution is -2.46. The minimum Gasteiger partial charge on any atom is -0.493 e. The van der Waals surface area contributed by atoms with Crippen LogP contribution in [0, 0.1) is 0 Å². The van der Waals surface area contributed by atoms with Gasteiger partial charge in [0.1, 0.15) is 6.04 Å². The molecule has 7 heteroatoms. The molecule has 1 amide bonds. The van der Waals surface area contributed by atoms with E-state index in [0.717, 1.165) is 42.5 Å². The van der Waals surface area contributed by atoms with Gasteiger partial charge in [-0.3, -0.25) is 9.69 Å². The van der Waals surface area contributed by atoms with Crippen LogP contribution in [-0.4, -0.2) is 52.3 Å². The highest BCUT2D eigenvalue weighted by atomic mass is 16.5. The number of carbonyl (C=O) groups is 1. The minimum atomic E-state index is -0.436. The highest BCUT2D eigenvalue weighted by Gasteiger charge is 2.37. The molecule has 0 radical (unpaired) electrons. The Bertz CT molecular complexity index is 1250. The molecule has 7 nitrogen and oxygen atoms in total. The van der Waals surface area contributed by atoms with Gasteiger partial charge in [0.25, 0.3) is 0 Å². The monoisotopic (exact) mass is 532 g/mol. The number of fused-ring (bicyclic) bond motifs is 1. The molecule has 4 rings (SSSR count). The van der Waals surface area contributed by atoms with Crippen molar-refractivity contribution >= 4 is 5.91 Å². The maximum Gasteiger partial charge on any atom is 0.241 e. The number of benzene rings is 3. The van der Waals surface area contributed by atoms with Gasteiger partial charge in [-0.2, -0.15) is 0 Å². The molecule has 0 saturated heterocycles. The van der Waals surface area contributed by atoms with Gasteiger partial charge in [-0.1, -0.05) is 49.7 Å². The molecule has 0 aromatic heterocycles. The summed E-state index contributed by atoms with van der Waals surface area (Å²) in [6.45, 7) is 3.51. The van der Waals surface area contributed by atoms with E-state index in [1.165, 1.54) is 5.56 Å². The highest BCUT2D eigenvalue weighted by Crippen LogP contribution is 2.43. The van der Waals surface area contributed by atoms with Crippen molar-refractivity contribution in [3.8, 4) is 23.0 Å². The van der Waals surface area contributed by atoms with Crippen LogP contribution in [0.5, 0.6) is 23.0 Å². The summed E-state index contributed by atoms with van der Waals surface area (Å²) in [7, 11) is 6.60. The molecule has 3 aromatic rings. The summed E-state index contributed by atoms with van der Waals surface area (Å²) >= 11 is 0. The number of rotatable bonds is 12. The maximum atomic E-state index is 13.8. The average Bonchev–Trinajstić information content (AvgIpc) is 2.98. The summed E-state index contributed by atoms with van der Waals surface area (Å²) in [5.74, 6) is 2.79. The average molecular weight is 533 g/mol. The Hall–Kier alpha value is -3.71. The molecule has 208 valence electrons. The molecule has 1 aliphatic heterocycles. The van der Waals surface area contributed by atoms with E-state index in [0.29, 0.717) is 36.0 Å². The Morgan fingerprint density at radius 2 is 1.56 bits per heavy atom. The Labute approximate surface area is 232 Å². The number of hydrogen-bond donors (Lipinski definition) is 1. The molecular weight excluding hydrogens is 492 g/mol. The van der Waals surface area contributed by atoms with Crippen molar-refractivity contribution in [3.63, 3.8) is 0 Å². The van der Waals surface area contributed by atoms with Crippen molar-refractivity contribution in [2.24, 2.45) is 0 Å². The normalized spacial score (nSPS) is 15.7. The Balaban J connectivity index is 1.81. The summed E-state index contributed by atoms with van der Waals surface area (Å²) in [5.41, 5.74) is 4.40. The van der Waals surface area contributed by atoms with E-state index in [1.807, 2.05) is 42.5 Å². The third-order valence-electron chi connectivity index (χ3n) is 7.45. The Kier molecular flexibility index (Phi) is 9.71. The van der Waals surface area contributed by atoms with Crippen LogP contribution in [0.3, 0.4) is 0 Å². The van der Waals surface area contributed by atoms with Crippen LogP contribution in [0.1, 0.15) is 54.1 Å².